The van der Waals surface area contributed by atoms with Crippen molar-refractivity contribution >= 4 is 5.91 Å². The zero-order valence-electron chi connectivity index (χ0n) is 10.7. The minimum absolute atomic E-state index is 0.386. The van der Waals surface area contributed by atoms with Gasteiger partial charge in [-0.1, -0.05) is 0 Å². The van der Waals surface area contributed by atoms with Gasteiger partial charge in [0.25, 0.3) is 0 Å². The van der Waals surface area contributed by atoms with E-state index in [-0.39, 0.29) is 0 Å². The lowest BCUT2D eigenvalue weighted by molar-refractivity contribution is -0.919. The average Bonchev–Trinajstić information content (AvgIpc) is 2.24. The van der Waals surface area contributed by atoms with E-state index in [1.54, 1.807) is 0 Å². The van der Waals surface area contributed by atoms with Crippen LogP contribution in [0, 0.1) is 0 Å². The van der Waals surface area contributed by atoms with Gasteiger partial charge in [-0.05, 0) is 25.7 Å². The molecule has 1 atom stereocenters. The largest absolute Gasteiger partial charge is 0.337 e. The second-order valence-electron chi connectivity index (χ2n) is 5.95. The molecule has 3 nitrogen and oxygen atoms in total. The van der Waals surface area contributed by atoms with Crippen LogP contribution in [0.2, 0.25) is 0 Å². The van der Waals surface area contributed by atoms with E-state index in [0.717, 1.165) is 30.4 Å². The van der Waals surface area contributed by atoms with Crippen LogP contribution in [0.5, 0.6) is 0 Å². The molecule has 1 amide bonds. The Hall–Kier alpha value is -0.570. The fourth-order valence-electron chi connectivity index (χ4n) is 3.05. The zero-order valence-corrected chi connectivity index (χ0v) is 10.7. The molecule has 2 saturated heterocycles. The van der Waals surface area contributed by atoms with E-state index in [4.69, 9.17) is 0 Å². The smallest absolute Gasteiger partial charge is 0.222 e. The van der Waals surface area contributed by atoms with E-state index < -0.39 is 0 Å². The van der Waals surface area contributed by atoms with Crippen LogP contribution in [0.1, 0.15) is 38.5 Å². The van der Waals surface area contributed by atoms with Gasteiger partial charge in [0.2, 0.25) is 5.91 Å². The topological polar surface area (TPSA) is 20.3 Å². The van der Waals surface area contributed by atoms with Gasteiger partial charge >= 0.3 is 0 Å². The highest BCUT2D eigenvalue weighted by molar-refractivity contribution is 5.76. The highest BCUT2D eigenvalue weighted by atomic mass is 16.2. The van der Waals surface area contributed by atoms with Crippen molar-refractivity contribution in [1.29, 1.82) is 0 Å². The summed E-state index contributed by atoms with van der Waals surface area (Å²) in [6.07, 6.45) is 7.05. The Kier molecular flexibility index (Phi) is 3.53. The van der Waals surface area contributed by atoms with Crippen LogP contribution in [-0.2, 0) is 4.79 Å². The lowest BCUT2D eigenvalue weighted by Crippen LogP contribution is -2.57. The summed E-state index contributed by atoms with van der Waals surface area (Å²) < 4.78 is 1.10. The first-order chi connectivity index (χ1) is 7.59. The van der Waals surface area contributed by atoms with Crippen molar-refractivity contribution in [2.45, 2.75) is 44.6 Å². The molecule has 2 fully saturated rings. The molecule has 16 heavy (non-hydrogen) atoms. The number of nitrogens with zero attached hydrogens (tertiary/aromatic N) is 2. The van der Waals surface area contributed by atoms with Crippen LogP contribution >= 0.6 is 0 Å². The highest BCUT2D eigenvalue weighted by Crippen LogP contribution is 2.23. The fourth-order valence-corrected chi connectivity index (χ4v) is 3.05. The molecule has 0 radical (unpaired) electrons. The molecule has 2 aliphatic heterocycles. The Labute approximate surface area is 99.0 Å². The van der Waals surface area contributed by atoms with Crippen LogP contribution in [0.4, 0.5) is 0 Å². The summed E-state index contributed by atoms with van der Waals surface area (Å²) in [5, 5.41) is 0. The Morgan fingerprint density at radius 3 is 2.75 bits per heavy atom. The van der Waals surface area contributed by atoms with Crippen LogP contribution in [-0.4, -0.2) is 55.1 Å². The van der Waals surface area contributed by atoms with Crippen LogP contribution in [0.3, 0.4) is 0 Å². The molecule has 92 valence electrons. The normalized spacial score (nSPS) is 30.5. The summed E-state index contributed by atoms with van der Waals surface area (Å²) in [6.45, 7) is 3.26. The first kappa shape index (κ1) is 11.9. The second-order valence-corrected chi connectivity index (χ2v) is 5.95. The van der Waals surface area contributed by atoms with Crippen LogP contribution in [0.15, 0.2) is 0 Å². The Balaban J connectivity index is 1.94. The molecule has 0 aromatic rings. The Morgan fingerprint density at radius 1 is 1.25 bits per heavy atom. The van der Waals surface area contributed by atoms with E-state index in [0.29, 0.717) is 11.9 Å². The van der Waals surface area contributed by atoms with Gasteiger partial charge in [0.05, 0.1) is 27.2 Å². The molecular formula is C13H25N2O+. The number of amides is 1. The number of hydrogen-bond acceptors (Lipinski definition) is 1. The summed E-state index contributed by atoms with van der Waals surface area (Å²) in [6, 6.07) is 0.663. The third-order valence-corrected chi connectivity index (χ3v) is 4.36. The van der Waals surface area contributed by atoms with Gasteiger partial charge in [0.15, 0.2) is 0 Å². The van der Waals surface area contributed by atoms with Crippen molar-refractivity contribution in [2.24, 2.45) is 0 Å². The number of likely N-dealkylation sites (N-methyl/N-ethyl adjacent to an activating group) is 1. The maximum Gasteiger partial charge on any atom is 0.222 e. The lowest BCUT2D eigenvalue weighted by Gasteiger charge is -2.44. The van der Waals surface area contributed by atoms with Gasteiger partial charge in [-0.2, -0.15) is 0 Å². The van der Waals surface area contributed by atoms with E-state index in [9.17, 15) is 4.79 Å². The van der Waals surface area contributed by atoms with Gasteiger partial charge in [-0.15, -0.1) is 0 Å². The number of hydrogen-bond donors (Lipinski definition) is 0. The Bertz CT molecular complexity index is 263. The minimum Gasteiger partial charge on any atom is -0.337 e. The number of carbonyl (C=O) groups excluding carboxylic acids is 1. The standard InChI is InChI=1S/C13H25N2O/c1-15(2)10-6-4-7-12(15)11-14-9-5-3-8-13(14)16/h12H,3-11H2,1-2H3/q+1/t12-/m1/s1. The number of likely N-dealkylation sites (tertiary alicyclic amines) is 2. The van der Waals surface area contributed by atoms with Crippen molar-refractivity contribution in [1.82, 2.24) is 4.90 Å². The van der Waals surface area contributed by atoms with E-state index in [1.165, 1.54) is 32.2 Å². The van der Waals surface area contributed by atoms with E-state index in [2.05, 4.69) is 19.0 Å². The molecule has 0 saturated carbocycles. The predicted molar refractivity (Wildman–Crippen MR) is 65.0 cm³/mol. The van der Waals surface area contributed by atoms with Crippen molar-refractivity contribution < 1.29 is 9.28 Å². The van der Waals surface area contributed by atoms with Gasteiger partial charge in [-0.3, -0.25) is 4.79 Å². The first-order valence-electron chi connectivity index (χ1n) is 6.70. The minimum atomic E-state index is 0.386. The average molecular weight is 225 g/mol. The summed E-state index contributed by atoms with van der Waals surface area (Å²) >= 11 is 0. The van der Waals surface area contributed by atoms with Gasteiger partial charge < -0.3 is 9.38 Å². The molecule has 2 aliphatic rings. The van der Waals surface area contributed by atoms with Gasteiger partial charge in [-0.25, -0.2) is 0 Å². The third-order valence-electron chi connectivity index (χ3n) is 4.36. The number of carbonyl (C=O) groups is 1. The molecule has 2 heterocycles. The van der Waals surface area contributed by atoms with Crippen molar-refractivity contribution in [2.75, 3.05) is 33.7 Å². The second kappa shape index (κ2) is 4.74. The monoisotopic (exact) mass is 225 g/mol. The fraction of sp³-hybridized carbons (Fsp3) is 0.923. The number of piperidine rings is 2. The number of quaternary nitrogens is 1. The summed E-state index contributed by atoms with van der Waals surface area (Å²) in [4.78, 5) is 13.9. The first-order valence-corrected chi connectivity index (χ1v) is 6.70. The lowest BCUT2D eigenvalue weighted by atomic mass is 9.98. The number of rotatable bonds is 2. The van der Waals surface area contributed by atoms with Gasteiger partial charge in [0.1, 0.15) is 6.04 Å². The Morgan fingerprint density at radius 2 is 2.06 bits per heavy atom. The molecule has 0 spiro atoms. The summed E-state index contributed by atoms with van der Waals surface area (Å²) in [5.41, 5.74) is 0. The molecule has 0 unspecified atom stereocenters. The van der Waals surface area contributed by atoms with E-state index in [1.807, 2.05) is 0 Å². The summed E-state index contributed by atoms with van der Waals surface area (Å²) in [5.74, 6) is 0.386. The molecule has 3 heteroatoms. The molecular weight excluding hydrogens is 200 g/mol. The maximum absolute atomic E-state index is 11.8. The zero-order chi connectivity index (χ0) is 11.6. The van der Waals surface area contributed by atoms with Crippen molar-refractivity contribution in [3.63, 3.8) is 0 Å². The predicted octanol–water partition coefficient (Wildman–Crippen LogP) is 1.63. The molecule has 0 bridgehead atoms. The highest BCUT2D eigenvalue weighted by Gasteiger charge is 2.34. The van der Waals surface area contributed by atoms with Gasteiger partial charge in [0, 0.05) is 19.4 Å². The maximum atomic E-state index is 11.8. The van der Waals surface area contributed by atoms with Crippen LogP contribution in [0.25, 0.3) is 0 Å². The van der Waals surface area contributed by atoms with Crippen LogP contribution < -0.4 is 0 Å². The molecule has 2 rings (SSSR count). The molecule has 0 aromatic heterocycles. The SMILES string of the molecule is C[N+]1(C)CCCC[C@@H]1CN1CCCCC1=O. The van der Waals surface area contributed by atoms with Crippen molar-refractivity contribution in [3.05, 3.63) is 0 Å². The van der Waals surface area contributed by atoms with Crippen molar-refractivity contribution in [3.8, 4) is 0 Å². The van der Waals surface area contributed by atoms with E-state index >= 15 is 0 Å². The molecule has 0 aromatic carbocycles. The quantitative estimate of drug-likeness (QED) is 0.654. The molecule has 0 N–H and O–H groups in total. The molecule has 0 aliphatic carbocycles. The third kappa shape index (κ3) is 2.57. The summed E-state index contributed by atoms with van der Waals surface area (Å²) in [7, 11) is 4.64.